The van der Waals surface area contributed by atoms with Gasteiger partial charge in [0.1, 0.15) is 12.3 Å². The molecule has 1 aliphatic rings. The molecule has 246 valence electrons. The summed E-state index contributed by atoms with van der Waals surface area (Å²) in [6, 6.07) is 26.1. The lowest BCUT2D eigenvalue weighted by Gasteiger charge is -2.32. The Hall–Kier alpha value is -5.32. The van der Waals surface area contributed by atoms with Crippen molar-refractivity contribution in [3.63, 3.8) is 0 Å². The van der Waals surface area contributed by atoms with E-state index in [1.54, 1.807) is 23.2 Å². The third-order valence-electron chi connectivity index (χ3n) is 8.59. The summed E-state index contributed by atoms with van der Waals surface area (Å²) in [6.45, 7) is 5.66. The minimum absolute atomic E-state index is 0.0252. The lowest BCUT2D eigenvalue weighted by molar-refractivity contribution is -0.137. The number of piperidine rings is 1. The van der Waals surface area contributed by atoms with E-state index in [0.717, 1.165) is 34.6 Å². The highest BCUT2D eigenvalue weighted by atomic mass is 19.4. The maximum Gasteiger partial charge on any atom is 0.416 e. The highest BCUT2D eigenvalue weighted by molar-refractivity contribution is 5.82. The molecule has 0 aliphatic carbocycles. The van der Waals surface area contributed by atoms with Crippen LogP contribution in [0.3, 0.4) is 0 Å². The van der Waals surface area contributed by atoms with E-state index in [4.69, 9.17) is 9.72 Å². The molecule has 0 radical (unpaired) electrons. The molecule has 3 heterocycles. The summed E-state index contributed by atoms with van der Waals surface area (Å²) in [7, 11) is 0. The summed E-state index contributed by atoms with van der Waals surface area (Å²) >= 11 is 0. The highest BCUT2D eigenvalue weighted by Crippen LogP contribution is 2.40. The van der Waals surface area contributed by atoms with Crippen LogP contribution in [0.1, 0.15) is 48.1 Å². The molecule has 0 saturated carbocycles. The van der Waals surface area contributed by atoms with Gasteiger partial charge >= 0.3 is 12.3 Å². The van der Waals surface area contributed by atoms with Crippen molar-refractivity contribution in [1.29, 1.82) is 0 Å². The van der Waals surface area contributed by atoms with Crippen LogP contribution in [0.4, 0.5) is 29.6 Å². The summed E-state index contributed by atoms with van der Waals surface area (Å²) in [4.78, 5) is 25.9. The van der Waals surface area contributed by atoms with Gasteiger partial charge in [-0.3, -0.25) is 0 Å². The minimum atomic E-state index is -4.52. The number of carbonyl (C=O) groups is 1. The maximum absolute atomic E-state index is 13.8. The first-order chi connectivity index (χ1) is 23.2. The summed E-state index contributed by atoms with van der Waals surface area (Å²) in [5, 5.41) is 9.16. The van der Waals surface area contributed by atoms with Crippen molar-refractivity contribution < 1.29 is 22.7 Å². The number of ether oxygens (including phenoxy) is 1. The third-order valence-corrected chi connectivity index (χ3v) is 8.59. The van der Waals surface area contributed by atoms with Crippen LogP contribution < -0.4 is 4.90 Å². The molecular formula is C37H35F3N6O2. The normalized spacial score (nSPS) is 13.7. The zero-order valence-corrected chi connectivity index (χ0v) is 26.7. The largest absolute Gasteiger partial charge is 0.445 e. The Morgan fingerprint density at radius 3 is 2.33 bits per heavy atom. The molecule has 0 N–H and O–H groups in total. The molecule has 5 aromatic rings. The number of aromatic nitrogens is 4. The Bertz CT molecular complexity index is 1860. The Labute approximate surface area is 277 Å². The van der Waals surface area contributed by atoms with E-state index >= 15 is 0 Å². The molecule has 0 atom stereocenters. The van der Waals surface area contributed by atoms with E-state index in [0.29, 0.717) is 55.4 Å². The number of hydrogen-bond acceptors (Lipinski definition) is 7. The minimum Gasteiger partial charge on any atom is -0.445 e. The van der Waals surface area contributed by atoms with Crippen molar-refractivity contribution in [2.75, 3.05) is 24.5 Å². The van der Waals surface area contributed by atoms with E-state index < -0.39 is 11.7 Å². The number of amides is 1. The van der Waals surface area contributed by atoms with Crippen LogP contribution in [0.2, 0.25) is 0 Å². The van der Waals surface area contributed by atoms with Gasteiger partial charge < -0.3 is 14.5 Å². The summed E-state index contributed by atoms with van der Waals surface area (Å²) in [5.74, 6) is 0.430. The standard InChI is InChI=1S/C37H35F3N6O2/c1-3-46(30-15-8-5-9-16-30)35-41-20-17-31(42-35)32-25(2)33(43-44-34(32)28-13-10-14-29(23-28)37(38,39)40)27-18-21-45(22-19-27)36(47)48-24-26-11-6-4-7-12-26/h4-17,20,23,27H,3,18-19,21-22,24H2,1-2H3. The number of benzene rings is 3. The van der Waals surface area contributed by atoms with Gasteiger partial charge in [0.15, 0.2) is 0 Å². The van der Waals surface area contributed by atoms with Crippen molar-refractivity contribution in [3.8, 4) is 22.5 Å². The number of para-hydroxylation sites is 1. The zero-order chi connectivity index (χ0) is 33.7. The molecule has 0 spiro atoms. The number of anilines is 2. The number of alkyl halides is 3. The van der Waals surface area contributed by atoms with Gasteiger partial charge in [-0.2, -0.15) is 18.3 Å². The molecule has 48 heavy (non-hydrogen) atoms. The number of rotatable bonds is 8. The van der Waals surface area contributed by atoms with E-state index in [9.17, 15) is 18.0 Å². The van der Waals surface area contributed by atoms with Crippen molar-refractivity contribution in [2.24, 2.45) is 0 Å². The van der Waals surface area contributed by atoms with Gasteiger partial charge in [0.25, 0.3) is 0 Å². The number of halogens is 3. The second-order valence-corrected chi connectivity index (χ2v) is 11.6. The predicted molar refractivity (Wildman–Crippen MR) is 178 cm³/mol. The lowest BCUT2D eigenvalue weighted by atomic mass is 9.88. The first kappa shape index (κ1) is 32.6. The zero-order valence-electron chi connectivity index (χ0n) is 26.7. The quantitative estimate of drug-likeness (QED) is 0.166. The van der Waals surface area contributed by atoms with Crippen LogP contribution in [0, 0.1) is 6.92 Å². The van der Waals surface area contributed by atoms with Crippen LogP contribution in [-0.2, 0) is 17.5 Å². The van der Waals surface area contributed by atoms with Gasteiger partial charge in [-0.25, -0.2) is 14.8 Å². The van der Waals surface area contributed by atoms with Gasteiger partial charge in [0.05, 0.1) is 17.0 Å². The van der Waals surface area contributed by atoms with Gasteiger partial charge in [-0.1, -0.05) is 60.7 Å². The fourth-order valence-corrected chi connectivity index (χ4v) is 6.09. The summed E-state index contributed by atoms with van der Waals surface area (Å²) < 4.78 is 46.8. The molecule has 8 nitrogen and oxygen atoms in total. The number of hydrogen-bond donors (Lipinski definition) is 0. The highest BCUT2D eigenvalue weighted by Gasteiger charge is 2.32. The molecular weight excluding hydrogens is 617 g/mol. The SMILES string of the molecule is CCN(c1ccccc1)c1nccc(-c2c(-c3cccc(C(F)(F)F)c3)nnc(C3CCN(C(=O)OCc4ccccc4)CC3)c2C)n1. The molecule has 1 aliphatic heterocycles. The summed E-state index contributed by atoms with van der Waals surface area (Å²) in [5.41, 5.74) is 4.27. The molecule has 11 heteroatoms. The molecule has 0 unspecified atom stereocenters. The third kappa shape index (κ3) is 7.15. The lowest BCUT2D eigenvalue weighted by Crippen LogP contribution is -2.38. The number of nitrogens with zero attached hydrogens (tertiary/aromatic N) is 6. The average Bonchev–Trinajstić information content (AvgIpc) is 3.11. The Morgan fingerprint density at radius 1 is 0.938 bits per heavy atom. The molecule has 2 aromatic heterocycles. The Morgan fingerprint density at radius 2 is 1.65 bits per heavy atom. The molecule has 3 aromatic carbocycles. The second kappa shape index (κ2) is 14.2. The van der Waals surface area contributed by atoms with E-state index in [2.05, 4.69) is 15.2 Å². The van der Waals surface area contributed by atoms with Gasteiger partial charge in [-0.15, -0.1) is 5.10 Å². The first-order valence-electron chi connectivity index (χ1n) is 15.9. The molecule has 1 amide bonds. The average molecular weight is 653 g/mol. The maximum atomic E-state index is 13.8. The van der Waals surface area contributed by atoms with Crippen LogP contribution in [0.25, 0.3) is 22.5 Å². The van der Waals surface area contributed by atoms with Gasteiger partial charge in [0, 0.05) is 48.6 Å². The van der Waals surface area contributed by atoms with Gasteiger partial charge in [-0.05, 0) is 68.1 Å². The van der Waals surface area contributed by atoms with E-state index in [-0.39, 0.29) is 24.2 Å². The topological polar surface area (TPSA) is 84.3 Å². The Kier molecular flexibility index (Phi) is 9.65. The smallest absolute Gasteiger partial charge is 0.416 e. The number of likely N-dealkylation sites (tertiary alicyclic amines) is 1. The van der Waals surface area contributed by atoms with Crippen molar-refractivity contribution in [3.05, 3.63) is 120 Å². The first-order valence-corrected chi connectivity index (χ1v) is 15.9. The van der Waals surface area contributed by atoms with E-state index in [1.165, 1.54) is 6.07 Å². The monoisotopic (exact) mass is 652 g/mol. The van der Waals surface area contributed by atoms with Gasteiger partial charge in [0.2, 0.25) is 5.95 Å². The van der Waals surface area contributed by atoms with Crippen molar-refractivity contribution in [1.82, 2.24) is 25.1 Å². The van der Waals surface area contributed by atoms with Crippen LogP contribution in [-0.4, -0.2) is 50.8 Å². The molecule has 6 rings (SSSR count). The fraction of sp³-hybridized carbons (Fsp3) is 0.270. The second-order valence-electron chi connectivity index (χ2n) is 11.6. The van der Waals surface area contributed by atoms with Crippen molar-refractivity contribution >= 4 is 17.7 Å². The summed E-state index contributed by atoms with van der Waals surface area (Å²) in [6.07, 6.45) is -1.98. The molecule has 1 fully saturated rings. The number of carbonyl (C=O) groups excluding carboxylic acids is 1. The van der Waals surface area contributed by atoms with Crippen LogP contribution in [0.15, 0.2) is 97.2 Å². The molecule has 0 bridgehead atoms. The van der Waals surface area contributed by atoms with Crippen LogP contribution in [0.5, 0.6) is 0 Å². The Balaban J connectivity index is 1.33. The molecule has 1 saturated heterocycles. The van der Waals surface area contributed by atoms with E-state index in [1.807, 2.05) is 79.4 Å². The van der Waals surface area contributed by atoms with Crippen LogP contribution >= 0.6 is 0 Å². The predicted octanol–water partition coefficient (Wildman–Crippen LogP) is 8.60. The fourth-order valence-electron chi connectivity index (χ4n) is 6.09. The van der Waals surface area contributed by atoms with Crippen molar-refractivity contribution in [2.45, 2.75) is 45.4 Å².